The van der Waals surface area contributed by atoms with E-state index in [4.69, 9.17) is 4.42 Å². The molecule has 1 aliphatic heterocycles. The van der Waals surface area contributed by atoms with Crippen molar-refractivity contribution in [3.8, 4) is 0 Å². The molecule has 3 heterocycles. The van der Waals surface area contributed by atoms with E-state index < -0.39 is 10.0 Å². The molecule has 1 atom stereocenters. The standard InChI is InChI=1S/C29H29N3O5S2/c1-20-6-3-4-8-25(20)29-26-14-17-38-27(26)13-15-32(29)28(34)19-31(18-23-7-5-16-37-23)39(35,36)24-11-9-22(10-12-24)30-21(2)33/h3-12,14,16-17,29H,13,15,18-19H2,1-2H3,(H,30,33). The number of aryl methyl sites for hydroxylation is 1. The maximum Gasteiger partial charge on any atom is 0.243 e. The smallest absolute Gasteiger partial charge is 0.243 e. The number of hydrogen-bond acceptors (Lipinski definition) is 6. The van der Waals surface area contributed by atoms with E-state index in [1.807, 2.05) is 36.6 Å². The number of rotatable bonds is 8. The predicted molar refractivity (Wildman–Crippen MR) is 150 cm³/mol. The fourth-order valence-electron chi connectivity index (χ4n) is 4.92. The van der Waals surface area contributed by atoms with Crippen molar-refractivity contribution >= 4 is 38.9 Å². The summed E-state index contributed by atoms with van der Waals surface area (Å²) in [6, 6.07) is 19.0. The Morgan fingerprint density at radius 1 is 1.05 bits per heavy atom. The summed E-state index contributed by atoms with van der Waals surface area (Å²) in [4.78, 5) is 28.4. The van der Waals surface area contributed by atoms with Gasteiger partial charge in [0.15, 0.2) is 0 Å². The zero-order valence-electron chi connectivity index (χ0n) is 21.7. The van der Waals surface area contributed by atoms with Gasteiger partial charge in [-0.3, -0.25) is 9.59 Å². The first-order valence-corrected chi connectivity index (χ1v) is 14.9. The Balaban J connectivity index is 1.47. The summed E-state index contributed by atoms with van der Waals surface area (Å²) in [6.45, 7) is 3.45. The monoisotopic (exact) mass is 563 g/mol. The fraction of sp³-hybridized carbons (Fsp3) is 0.241. The highest BCUT2D eigenvalue weighted by atomic mass is 32.2. The minimum absolute atomic E-state index is 0.0187. The number of nitrogens with one attached hydrogen (secondary N) is 1. The minimum Gasteiger partial charge on any atom is -0.468 e. The van der Waals surface area contributed by atoms with Crippen LogP contribution in [0.25, 0.3) is 0 Å². The Kier molecular flexibility index (Phi) is 7.69. The van der Waals surface area contributed by atoms with Crippen LogP contribution in [-0.4, -0.2) is 42.5 Å². The number of carbonyl (C=O) groups is 2. The SMILES string of the molecule is CC(=O)Nc1ccc(S(=O)(=O)N(CC(=O)N2CCc3sccc3C2c2ccccc2C)Cc2ccco2)cc1. The normalized spacial score (nSPS) is 15.3. The van der Waals surface area contributed by atoms with Crippen molar-refractivity contribution < 1.29 is 22.4 Å². The van der Waals surface area contributed by atoms with Crippen LogP contribution in [0.4, 0.5) is 5.69 Å². The average Bonchev–Trinajstić information content (AvgIpc) is 3.60. The van der Waals surface area contributed by atoms with Crippen molar-refractivity contribution in [3.63, 3.8) is 0 Å². The Labute approximate surface area is 231 Å². The van der Waals surface area contributed by atoms with Gasteiger partial charge in [-0.25, -0.2) is 8.42 Å². The van der Waals surface area contributed by atoms with E-state index in [1.54, 1.807) is 28.4 Å². The van der Waals surface area contributed by atoms with E-state index in [-0.39, 0.29) is 35.8 Å². The molecular formula is C29H29N3O5S2. The van der Waals surface area contributed by atoms with Gasteiger partial charge in [0.05, 0.1) is 30.3 Å². The highest BCUT2D eigenvalue weighted by molar-refractivity contribution is 7.89. The molecule has 0 bridgehead atoms. The topological polar surface area (TPSA) is 99.9 Å². The molecule has 0 radical (unpaired) electrons. The van der Waals surface area contributed by atoms with Crippen LogP contribution in [0.2, 0.25) is 0 Å². The Morgan fingerprint density at radius 2 is 1.82 bits per heavy atom. The number of nitrogens with zero attached hydrogens (tertiary/aromatic N) is 2. The number of sulfonamides is 1. The molecule has 0 saturated heterocycles. The van der Waals surface area contributed by atoms with Gasteiger partial charge in [-0.15, -0.1) is 11.3 Å². The summed E-state index contributed by atoms with van der Waals surface area (Å²) in [5.74, 6) is -0.116. The van der Waals surface area contributed by atoms with Crippen molar-refractivity contribution in [3.05, 3.63) is 106 Å². The Hall–Kier alpha value is -3.73. The summed E-state index contributed by atoms with van der Waals surface area (Å²) >= 11 is 1.68. The Morgan fingerprint density at radius 3 is 2.51 bits per heavy atom. The van der Waals surface area contributed by atoms with Gasteiger partial charge in [0.1, 0.15) is 5.76 Å². The molecule has 4 aromatic rings. The maximum absolute atomic E-state index is 14.0. The largest absolute Gasteiger partial charge is 0.468 e. The minimum atomic E-state index is -4.08. The first kappa shape index (κ1) is 26.9. The lowest BCUT2D eigenvalue weighted by Gasteiger charge is -2.38. The molecule has 2 amide bonds. The summed E-state index contributed by atoms with van der Waals surface area (Å²) in [6.07, 6.45) is 2.19. The number of carbonyl (C=O) groups excluding carboxylic acids is 2. The summed E-state index contributed by atoms with van der Waals surface area (Å²) in [5, 5.41) is 4.68. The Bertz CT molecular complexity index is 1580. The third-order valence-electron chi connectivity index (χ3n) is 6.81. The lowest BCUT2D eigenvalue weighted by Crippen LogP contribution is -2.46. The van der Waals surface area contributed by atoms with Crippen molar-refractivity contribution in [1.82, 2.24) is 9.21 Å². The van der Waals surface area contributed by atoms with E-state index >= 15 is 0 Å². The number of amides is 2. The van der Waals surface area contributed by atoms with Crippen LogP contribution in [0.3, 0.4) is 0 Å². The van der Waals surface area contributed by atoms with Crippen LogP contribution >= 0.6 is 11.3 Å². The molecule has 0 spiro atoms. The van der Waals surface area contributed by atoms with Gasteiger partial charge in [0.2, 0.25) is 21.8 Å². The van der Waals surface area contributed by atoms with E-state index in [2.05, 4.69) is 11.4 Å². The molecule has 5 rings (SSSR count). The van der Waals surface area contributed by atoms with Crippen LogP contribution in [-0.2, 0) is 32.6 Å². The van der Waals surface area contributed by atoms with Gasteiger partial charge in [0.25, 0.3) is 0 Å². The lowest BCUT2D eigenvalue weighted by molar-refractivity contribution is -0.133. The number of hydrogen-bond donors (Lipinski definition) is 1. The second-order valence-corrected chi connectivity index (χ2v) is 12.4. The number of anilines is 1. The molecule has 1 N–H and O–H groups in total. The van der Waals surface area contributed by atoms with Gasteiger partial charge < -0.3 is 14.6 Å². The molecule has 0 saturated carbocycles. The third-order valence-corrected chi connectivity index (χ3v) is 9.61. The molecule has 0 aliphatic carbocycles. The average molecular weight is 564 g/mol. The second kappa shape index (κ2) is 11.2. The predicted octanol–water partition coefficient (Wildman–Crippen LogP) is 4.97. The van der Waals surface area contributed by atoms with Gasteiger partial charge in [0, 0.05) is 24.0 Å². The van der Waals surface area contributed by atoms with Crippen LogP contribution in [0, 0.1) is 6.92 Å². The van der Waals surface area contributed by atoms with Crippen molar-refractivity contribution in [2.24, 2.45) is 0 Å². The summed E-state index contributed by atoms with van der Waals surface area (Å²) in [7, 11) is -4.08. The molecule has 1 unspecified atom stereocenters. The first-order valence-electron chi connectivity index (χ1n) is 12.6. The van der Waals surface area contributed by atoms with Gasteiger partial charge in [-0.2, -0.15) is 4.31 Å². The molecular weight excluding hydrogens is 534 g/mol. The second-order valence-electron chi connectivity index (χ2n) is 9.45. The lowest BCUT2D eigenvalue weighted by atomic mass is 9.90. The number of furan rings is 1. The highest BCUT2D eigenvalue weighted by Crippen LogP contribution is 2.39. The van der Waals surface area contributed by atoms with E-state index in [1.165, 1.54) is 42.3 Å². The van der Waals surface area contributed by atoms with Crippen molar-refractivity contribution in [2.75, 3.05) is 18.4 Å². The van der Waals surface area contributed by atoms with Gasteiger partial charge in [-0.1, -0.05) is 24.3 Å². The van der Waals surface area contributed by atoms with E-state index in [0.29, 0.717) is 18.0 Å². The molecule has 8 nitrogen and oxygen atoms in total. The van der Waals surface area contributed by atoms with Crippen LogP contribution in [0.1, 0.15) is 40.3 Å². The summed E-state index contributed by atoms with van der Waals surface area (Å²) < 4.78 is 34.2. The van der Waals surface area contributed by atoms with E-state index in [9.17, 15) is 18.0 Å². The quantitative estimate of drug-likeness (QED) is 0.326. The number of fused-ring (bicyclic) bond motifs is 1. The van der Waals surface area contributed by atoms with Crippen molar-refractivity contribution in [1.29, 1.82) is 0 Å². The van der Waals surface area contributed by atoms with Crippen LogP contribution < -0.4 is 5.32 Å². The van der Waals surface area contributed by atoms with Gasteiger partial charge >= 0.3 is 0 Å². The molecule has 0 fully saturated rings. The number of benzene rings is 2. The highest BCUT2D eigenvalue weighted by Gasteiger charge is 2.36. The van der Waals surface area contributed by atoms with Crippen LogP contribution in [0.15, 0.2) is 87.7 Å². The van der Waals surface area contributed by atoms with E-state index in [0.717, 1.165) is 27.4 Å². The third kappa shape index (κ3) is 5.68. The fourth-order valence-corrected chi connectivity index (χ4v) is 7.18. The molecule has 39 heavy (non-hydrogen) atoms. The van der Waals surface area contributed by atoms with Crippen LogP contribution in [0.5, 0.6) is 0 Å². The zero-order valence-corrected chi connectivity index (χ0v) is 23.3. The first-order chi connectivity index (χ1) is 18.7. The molecule has 2 aromatic heterocycles. The van der Waals surface area contributed by atoms with Crippen molar-refractivity contribution in [2.45, 2.75) is 37.8 Å². The number of thiophene rings is 1. The summed E-state index contributed by atoms with van der Waals surface area (Å²) in [5.41, 5.74) is 3.66. The molecule has 202 valence electrons. The zero-order chi connectivity index (χ0) is 27.6. The molecule has 1 aliphatic rings. The molecule has 10 heteroatoms. The van der Waals surface area contributed by atoms with Gasteiger partial charge in [-0.05, 0) is 77.9 Å². The maximum atomic E-state index is 14.0. The molecule has 2 aromatic carbocycles.